The summed E-state index contributed by atoms with van der Waals surface area (Å²) in [6.45, 7) is 9.34. The molecule has 9 heteroatoms. The number of aliphatic hydroxyl groups is 1. The zero-order valence-electron chi connectivity index (χ0n) is 27.6. The number of likely N-dealkylation sites (tertiary alicyclic amines) is 1. The number of hydrogen-bond acceptors (Lipinski definition) is 5. The summed E-state index contributed by atoms with van der Waals surface area (Å²) in [5.41, 5.74) is 6.36. The van der Waals surface area contributed by atoms with Crippen molar-refractivity contribution in [3.63, 3.8) is 0 Å². The van der Waals surface area contributed by atoms with Gasteiger partial charge in [-0.25, -0.2) is 4.79 Å². The van der Waals surface area contributed by atoms with Crippen molar-refractivity contribution in [3.8, 4) is 0 Å². The molecule has 0 radical (unpaired) electrons. The Hall–Kier alpha value is -1.68. The van der Waals surface area contributed by atoms with E-state index in [1.807, 2.05) is 25.2 Å². The topological polar surface area (TPSA) is 88.3 Å². The molecule has 2 aliphatic rings. The van der Waals surface area contributed by atoms with Crippen molar-refractivity contribution >= 4 is 31.5 Å². The van der Waals surface area contributed by atoms with Gasteiger partial charge in [0.1, 0.15) is 0 Å². The lowest BCUT2D eigenvalue weighted by molar-refractivity contribution is -0.0922. The number of hydrogen-bond donors (Lipinski definition) is 2. The zero-order chi connectivity index (χ0) is 31.5. The molecule has 2 fully saturated rings. The Balaban J connectivity index is 1.98. The monoisotopic (exact) mass is 633 g/mol. The van der Waals surface area contributed by atoms with Gasteiger partial charge in [0.05, 0.1) is 12.2 Å². The van der Waals surface area contributed by atoms with Crippen LogP contribution in [0.3, 0.4) is 0 Å². The van der Waals surface area contributed by atoms with Gasteiger partial charge in [0, 0.05) is 53.9 Å². The van der Waals surface area contributed by atoms with E-state index in [9.17, 15) is 9.90 Å². The minimum Gasteiger partial charge on any atom is -0.450 e. The highest BCUT2D eigenvalue weighted by Gasteiger charge is 2.49. The Kier molecular flexibility index (Phi) is 14.3. The number of piperidine rings is 1. The van der Waals surface area contributed by atoms with Gasteiger partial charge in [-0.15, -0.1) is 0 Å². The first-order valence-corrected chi connectivity index (χ1v) is 20.8. The third-order valence-electron chi connectivity index (χ3n) is 9.75. The maximum Gasteiger partial charge on any atom is 0.409 e. The number of amides is 1. The molecule has 1 aromatic carbocycles. The predicted octanol–water partition coefficient (Wildman–Crippen LogP) is 7.01. The van der Waals surface area contributed by atoms with E-state index >= 15 is 0 Å². The Morgan fingerprint density at radius 1 is 1.12 bits per heavy atom. The molecular formula is C34H59N3O4SSi. The molecule has 0 bridgehead atoms. The second-order valence-corrected chi connectivity index (χ2v) is 20.4. The third-order valence-corrected chi connectivity index (χ3v) is 11.7. The van der Waals surface area contributed by atoms with Crippen molar-refractivity contribution in [1.82, 2.24) is 9.80 Å². The molecule has 0 spiro atoms. The molecular weight excluding hydrogens is 575 g/mol. The number of nitrogens with zero attached hydrogens (tertiary/aromatic N) is 2. The molecule has 1 saturated carbocycles. The molecule has 1 heterocycles. The summed E-state index contributed by atoms with van der Waals surface area (Å²) >= 11 is 5.69. The highest BCUT2D eigenvalue weighted by atomic mass is 32.1. The summed E-state index contributed by atoms with van der Waals surface area (Å²) in [6.07, 6.45) is 11.1. The number of carbonyl (C=O) groups excluding carboxylic acids is 1. The molecule has 1 amide bonds. The summed E-state index contributed by atoms with van der Waals surface area (Å²) in [7, 11) is 2.27. The highest BCUT2D eigenvalue weighted by Crippen LogP contribution is 2.46. The van der Waals surface area contributed by atoms with Crippen LogP contribution in [0.15, 0.2) is 30.3 Å². The van der Waals surface area contributed by atoms with Crippen LogP contribution in [0, 0.1) is 17.8 Å². The van der Waals surface area contributed by atoms with Crippen LogP contribution in [0.25, 0.3) is 0 Å². The van der Waals surface area contributed by atoms with Crippen molar-refractivity contribution in [2.75, 3.05) is 40.5 Å². The minimum absolute atomic E-state index is 0.0851. The zero-order valence-corrected chi connectivity index (χ0v) is 29.4. The molecule has 3 N–H and O–H groups in total. The molecule has 3 rings (SSSR count). The number of unbranched alkanes of at least 4 members (excludes halogenated alkanes) is 1. The summed E-state index contributed by atoms with van der Waals surface area (Å²) in [5, 5.41) is 13.2. The van der Waals surface area contributed by atoms with Gasteiger partial charge in [-0.05, 0) is 74.2 Å². The van der Waals surface area contributed by atoms with Crippen LogP contribution in [-0.2, 0) is 15.1 Å². The number of carbonyl (C=O) groups is 1. The number of ether oxygens (including phenoxy) is 2. The first-order valence-electron chi connectivity index (χ1n) is 16.7. The van der Waals surface area contributed by atoms with Gasteiger partial charge in [-0.3, -0.25) is 0 Å². The summed E-state index contributed by atoms with van der Waals surface area (Å²) in [4.78, 5) is 17.2. The van der Waals surface area contributed by atoms with Crippen molar-refractivity contribution in [2.24, 2.45) is 23.5 Å². The van der Waals surface area contributed by atoms with Gasteiger partial charge in [0.25, 0.3) is 0 Å². The summed E-state index contributed by atoms with van der Waals surface area (Å²) in [6, 6.07) is 11.0. The first kappa shape index (κ1) is 35.8. The van der Waals surface area contributed by atoms with Crippen LogP contribution in [0.5, 0.6) is 0 Å². The molecule has 7 nitrogen and oxygen atoms in total. The lowest BCUT2D eigenvalue weighted by Crippen LogP contribution is -2.60. The van der Waals surface area contributed by atoms with E-state index in [1.165, 1.54) is 32.1 Å². The van der Waals surface area contributed by atoms with Gasteiger partial charge in [-0.1, -0.05) is 82.1 Å². The SMILES string of the molecule is COCCCC[C@@](O)(c1ccccc1)C1CCCN(C(N)=S)C1[C@@H](CC1CCCCC1)CN(C)C(=O)OCC[Si](C)(C)C. The van der Waals surface area contributed by atoms with Gasteiger partial charge in [0.15, 0.2) is 5.11 Å². The second-order valence-electron chi connectivity index (χ2n) is 14.3. The molecule has 1 aromatic rings. The predicted molar refractivity (Wildman–Crippen MR) is 183 cm³/mol. The van der Waals surface area contributed by atoms with Crippen molar-refractivity contribution < 1.29 is 19.4 Å². The standard InChI is InChI=1S/C34H59N3O4SSi/c1-36(33(38)41-23-24-43(3,4)5)26-28(25-27-15-8-6-9-16-27)31-30(19-14-21-37(31)32(35)42)34(39,20-12-13-22-40-2)29-17-10-7-11-18-29/h7,10-11,17-18,27-28,30-31,39H,6,8-9,12-16,19-26H2,1-5H3,(H2,35,42)/t28-,30?,31?,34+/m0/s1. The Labute approximate surface area is 267 Å². The van der Waals surface area contributed by atoms with Crippen LogP contribution >= 0.6 is 12.2 Å². The quantitative estimate of drug-likeness (QED) is 0.122. The maximum absolute atomic E-state index is 13.3. The smallest absolute Gasteiger partial charge is 0.409 e. The number of methoxy groups -OCH3 is 1. The van der Waals surface area contributed by atoms with Crippen LogP contribution < -0.4 is 5.73 Å². The lowest BCUT2D eigenvalue weighted by Gasteiger charge is -2.52. The fraction of sp³-hybridized carbons (Fsp3) is 0.765. The fourth-order valence-corrected chi connectivity index (χ4v) is 8.37. The van der Waals surface area contributed by atoms with E-state index < -0.39 is 13.7 Å². The second kappa shape index (κ2) is 17.1. The van der Waals surface area contributed by atoms with Crippen molar-refractivity contribution in [1.29, 1.82) is 0 Å². The van der Waals surface area contributed by atoms with Gasteiger partial charge < -0.3 is 30.1 Å². The van der Waals surface area contributed by atoms with Gasteiger partial charge in [0.2, 0.25) is 0 Å². The van der Waals surface area contributed by atoms with E-state index in [2.05, 4.69) is 36.7 Å². The fourth-order valence-electron chi connectivity index (χ4n) is 7.45. The van der Waals surface area contributed by atoms with Crippen molar-refractivity contribution in [2.45, 2.75) is 108 Å². The molecule has 0 aromatic heterocycles. The van der Waals surface area contributed by atoms with Crippen molar-refractivity contribution in [3.05, 3.63) is 35.9 Å². The normalized spacial score (nSPS) is 22.0. The van der Waals surface area contributed by atoms with E-state index in [-0.39, 0.29) is 24.0 Å². The van der Waals surface area contributed by atoms with Gasteiger partial charge in [-0.2, -0.15) is 0 Å². The number of rotatable bonds is 15. The molecule has 43 heavy (non-hydrogen) atoms. The number of thiocarbonyl (C=S) groups is 1. The first-order chi connectivity index (χ1) is 20.5. The Morgan fingerprint density at radius 2 is 1.81 bits per heavy atom. The molecule has 1 aliphatic heterocycles. The average Bonchev–Trinajstić information content (AvgIpc) is 2.98. The largest absolute Gasteiger partial charge is 0.450 e. The summed E-state index contributed by atoms with van der Waals surface area (Å²) in [5.74, 6) is 0.605. The molecule has 4 atom stereocenters. The Morgan fingerprint density at radius 3 is 2.44 bits per heavy atom. The lowest BCUT2D eigenvalue weighted by atomic mass is 9.65. The number of benzene rings is 1. The summed E-state index contributed by atoms with van der Waals surface area (Å²) < 4.78 is 11.1. The number of nitrogens with two attached hydrogens (primary N) is 1. The molecule has 244 valence electrons. The van der Waals surface area contributed by atoms with Crippen LogP contribution in [0.2, 0.25) is 25.7 Å². The van der Waals surface area contributed by atoms with Gasteiger partial charge >= 0.3 is 6.09 Å². The molecule has 1 aliphatic carbocycles. The Bertz CT molecular complexity index is 988. The minimum atomic E-state index is -1.31. The molecule has 2 unspecified atom stereocenters. The van der Waals surface area contributed by atoms with Crippen LogP contribution in [-0.4, -0.2) is 80.7 Å². The molecule has 1 saturated heterocycles. The van der Waals surface area contributed by atoms with E-state index in [1.54, 1.807) is 12.0 Å². The third kappa shape index (κ3) is 10.7. The van der Waals surface area contributed by atoms with Crippen LogP contribution in [0.1, 0.15) is 76.2 Å². The average molecular weight is 634 g/mol. The van der Waals surface area contributed by atoms with Crippen LogP contribution in [0.4, 0.5) is 4.79 Å². The van der Waals surface area contributed by atoms with E-state index in [0.29, 0.717) is 37.2 Å². The van der Waals surface area contributed by atoms with E-state index in [4.69, 9.17) is 27.4 Å². The van der Waals surface area contributed by atoms with E-state index in [0.717, 1.165) is 50.3 Å². The maximum atomic E-state index is 13.3. The highest BCUT2D eigenvalue weighted by molar-refractivity contribution is 7.80.